The van der Waals surface area contributed by atoms with Crippen molar-refractivity contribution in [1.82, 2.24) is 14.9 Å². The molecule has 2 N–H and O–H groups in total. The molecular weight excluding hydrogens is 328 g/mol. The molecule has 7 heteroatoms. The van der Waals surface area contributed by atoms with Crippen molar-refractivity contribution in [3.63, 3.8) is 0 Å². The van der Waals surface area contributed by atoms with Crippen molar-refractivity contribution in [2.24, 2.45) is 0 Å². The van der Waals surface area contributed by atoms with Gasteiger partial charge in [-0.2, -0.15) is 0 Å². The predicted molar refractivity (Wildman–Crippen MR) is 87.2 cm³/mol. The van der Waals surface area contributed by atoms with Crippen molar-refractivity contribution in [3.05, 3.63) is 83.9 Å². The number of carbonyl (C=O) groups excluding carboxylic acids is 1. The third-order valence-corrected chi connectivity index (χ3v) is 3.70. The molecule has 2 aromatic carbocycles. The summed E-state index contributed by atoms with van der Waals surface area (Å²) in [5, 5.41) is 12.5. The van der Waals surface area contributed by atoms with Gasteiger partial charge in [0.15, 0.2) is 0 Å². The Morgan fingerprint density at radius 1 is 1.20 bits per heavy atom. The van der Waals surface area contributed by atoms with E-state index in [2.05, 4.69) is 10.3 Å². The Labute approximate surface area is 142 Å². The number of amides is 1. The highest BCUT2D eigenvalue weighted by atomic mass is 19.1. The number of rotatable bonds is 5. The maximum atomic E-state index is 13.6. The maximum Gasteiger partial charge on any atom is 0.251 e. The summed E-state index contributed by atoms with van der Waals surface area (Å²) in [7, 11) is 0. The zero-order valence-electron chi connectivity index (χ0n) is 13.1. The molecule has 1 unspecified atom stereocenters. The quantitative estimate of drug-likeness (QED) is 0.748. The van der Waals surface area contributed by atoms with Crippen LogP contribution >= 0.6 is 0 Å². The van der Waals surface area contributed by atoms with Gasteiger partial charge in [0.1, 0.15) is 17.7 Å². The summed E-state index contributed by atoms with van der Waals surface area (Å²) >= 11 is 0. The fourth-order valence-corrected chi connectivity index (χ4v) is 2.44. The normalized spacial score (nSPS) is 12.0. The lowest BCUT2D eigenvalue weighted by Gasteiger charge is -2.14. The molecule has 25 heavy (non-hydrogen) atoms. The minimum Gasteiger partial charge on any atom is -0.386 e. The lowest BCUT2D eigenvalue weighted by Crippen LogP contribution is -2.29. The summed E-state index contributed by atoms with van der Waals surface area (Å²) < 4.78 is 29.0. The molecule has 0 aliphatic heterocycles. The van der Waals surface area contributed by atoms with E-state index in [4.69, 9.17) is 0 Å². The Balaban J connectivity index is 1.70. The molecule has 128 valence electrons. The Bertz CT molecular complexity index is 862. The van der Waals surface area contributed by atoms with E-state index in [1.165, 1.54) is 6.07 Å². The second kappa shape index (κ2) is 7.23. The van der Waals surface area contributed by atoms with E-state index in [0.717, 1.165) is 17.8 Å². The van der Waals surface area contributed by atoms with Crippen LogP contribution in [-0.4, -0.2) is 27.1 Å². The summed E-state index contributed by atoms with van der Waals surface area (Å²) in [6.45, 7) is -0.314. The average Bonchev–Trinajstić information content (AvgIpc) is 3.14. The Hall–Kier alpha value is -3.06. The Morgan fingerprint density at radius 3 is 2.60 bits per heavy atom. The number of aliphatic hydroxyl groups is 1. The summed E-state index contributed by atoms with van der Waals surface area (Å²) in [6.07, 6.45) is 3.47. The van der Waals surface area contributed by atoms with Crippen molar-refractivity contribution < 1.29 is 18.7 Å². The molecule has 1 heterocycles. The highest BCUT2D eigenvalue weighted by Gasteiger charge is 2.18. The largest absolute Gasteiger partial charge is 0.386 e. The summed E-state index contributed by atoms with van der Waals surface area (Å²) in [5.74, 6) is -2.18. The Kier molecular flexibility index (Phi) is 4.85. The third-order valence-electron chi connectivity index (χ3n) is 3.70. The van der Waals surface area contributed by atoms with E-state index >= 15 is 0 Å². The number of nitrogens with zero attached hydrogens (tertiary/aromatic N) is 2. The molecule has 0 bridgehead atoms. The SMILES string of the molecule is O=C(NCC(O)c1c(F)cccc1F)c1cccc(-n2ccnc2)c1. The van der Waals surface area contributed by atoms with Crippen molar-refractivity contribution in [2.75, 3.05) is 6.54 Å². The molecule has 0 aliphatic carbocycles. The molecule has 1 aromatic heterocycles. The predicted octanol–water partition coefficient (Wildman–Crippen LogP) is 2.61. The van der Waals surface area contributed by atoms with Gasteiger partial charge in [-0.3, -0.25) is 4.79 Å². The summed E-state index contributed by atoms with van der Waals surface area (Å²) in [5.41, 5.74) is 0.633. The monoisotopic (exact) mass is 343 g/mol. The minimum absolute atomic E-state index is 0.314. The van der Waals surface area contributed by atoms with Gasteiger partial charge in [-0.25, -0.2) is 13.8 Å². The van der Waals surface area contributed by atoms with Crippen LogP contribution in [0.1, 0.15) is 22.0 Å². The molecule has 3 aromatic rings. The standard InChI is InChI=1S/C18H15F2N3O2/c19-14-5-2-6-15(20)17(14)16(24)10-22-18(25)12-3-1-4-13(9-12)23-8-7-21-11-23/h1-9,11,16,24H,10H2,(H,22,25). The number of nitrogens with one attached hydrogen (secondary N) is 1. The number of imidazole rings is 1. The molecule has 0 saturated carbocycles. The number of aromatic nitrogens is 2. The molecule has 0 saturated heterocycles. The van der Waals surface area contributed by atoms with Crippen LogP contribution in [0.3, 0.4) is 0 Å². The molecule has 5 nitrogen and oxygen atoms in total. The molecule has 1 atom stereocenters. The van der Waals surface area contributed by atoms with Crippen molar-refractivity contribution in [2.45, 2.75) is 6.10 Å². The minimum atomic E-state index is -1.48. The lowest BCUT2D eigenvalue weighted by atomic mass is 10.1. The van der Waals surface area contributed by atoms with Gasteiger partial charge in [0.05, 0.1) is 11.9 Å². The fraction of sp³-hybridized carbons (Fsp3) is 0.111. The zero-order chi connectivity index (χ0) is 17.8. The van der Waals surface area contributed by atoms with Gasteiger partial charge in [-0.1, -0.05) is 12.1 Å². The number of benzene rings is 2. The van der Waals surface area contributed by atoms with Crippen LogP contribution in [0.2, 0.25) is 0 Å². The third kappa shape index (κ3) is 3.72. The highest BCUT2D eigenvalue weighted by Crippen LogP contribution is 2.20. The van der Waals surface area contributed by atoms with E-state index in [0.29, 0.717) is 5.56 Å². The van der Waals surface area contributed by atoms with E-state index in [9.17, 15) is 18.7 Å². The number of carbonyl (C=O) groups is 1. The van der Waals surface area contributed by atoms with Crippen LogP contribution in [0, 0.1) is 11.6 Å². The zero-order valence-corrected chi connectivity index (χ0v) is 13.1. The first kappa shape index (κ1) is 16.8. The maximum absolute atomic E-state index is 13.6. The number of hydrogen-bond donors (Lipinski definition) is 2. The van der Waals surface area contributed by atoms with Crippen LogP contribution in [-0.2, 0) is 0 Å². The number of hydrogen-bond acceptors (Lipinski definition) is 3. The van der Waals surface area contributed by atoms with E-state index in [1.807, 2.05) is 6.07 Å². The van der Waals surface area contributed by atoms with Crippen LogP contribution in [0.15, 0.2) is 61.2 Å². The molecule has 3 rings (SSSR count). The van der Waals surface area contributed by atoms with E-state index < -0.39 is 29.2 Å². The molecule has 0 aliphatic rings. The van der Waals surface area contributed by atoms with Crippen LogP contribution in [0.25, 0.3) is 5.69 Å². The number of halogens is 2. The first-order valence-electron chi connectivity index (χ1n) is 7.55. The molecule has 0 fully saturated rings. The van der Waals surface area contributed by atoms with E-state index in [1.54, 1.807) is 41.5 Å². The first-order valence-corrected chi connectivity index (χ1v) is 7.55. The second-order valence-corrected chi connectivity index (χ2v) is 5.38. The van der Waals surface area contributed by atoms with Gasteiger partial charge in [-0.05, 0) is 30.3 Å². The second-order valence-electron chi connectivity index (χ2n) is 5.38. The Morgan fingerprint density at radius 2 is 1.92 bits per heavy atom. The summed E-state index contributed by atoms with van der Waals surface area (Å²) in [6, 6.07) is 10.1. The van der Waals surface area contributed by atoms with Crippen LogP contribution in [0.4, 0.5) is 8.78 Å². The van der Waals surface area contributed by atoms with Gasteiger partial charge in [-0.15, -0.1) is 0 Å². The van der Waals surface area contributed by atoms with Gasteiger partial charge in [0.2, 0.25) is 0 Å². The van der Waals surface area contributed by atoms with Gasteiger partial charge in [0, 0.05) is 30.2 Å². The lowest BCUT2D eigenvalue weighted by molar-refractivity contribution is 0.0911. The molecular formula is C18H15F2N3O2. The molecule has 0 spiro atoms. The summed E-state index contributed by atoms with van der Waals surface area (Å²) in [4.78, 5) is 16.2. The van der Waals surface area contributed by atoms with Crippen molar-refractivity contribution >= 4 is 5.91 Å². The average molecular weight is 343 g/mol. The van der Waals surface area contributed by atoms with E-state index in [-0.39, 0.29) is 6.54 Å². The van der Waals surface area contributed by atoms with Gasteiger partial charge < -0.3 is 15.0 Å². The topological polar surface area (TPSA) is 67.2 Å². The van der Waals surface area contributed by atoms with Gasteiger partial charge >= 0.3 is 0 Å². The van der Waals surface area contributed by atoms with Crippen molar-refractivity contribution in [3.8, 4) is 5.69 Å². The molecule has 0 radical (unpaired) electrons. The van der Waals surface area contributed by atoms with Crippen LogP contribution in [0.5, 0.6) is 0 Å². The smallest absolute Gasteiger partial charge is 0.251 e. The first-order chi connectivity index (χ1) is 12.1. The highest BCUT2D eigenvalue weighted by molar-refractivity contribution is 5.94. The number of aliphatic hydroxyl groups excluding tert-OH is 1. The fourth-order valence-electron chi connectivity index (χ4n) is 2.44. The van der Waals surface area contributed by atoms with Crippen molar-refractivity contribution in [1.29, 1.82) is 0 Å². The molecule has 1 amide bonds. The van der Waals surface area contributed by atoms with Crippen LogP contribution < -0.4 is 5.32 Å². The van der Waals surface area contributed by atoms with Gasteiger partial charge in [0.25, 0.3) is 5.91 Å².